The second-order valence-electron chi connectivity index (χ2n) is 6.58. The molecule has 0 saturated carbocycles. The van der Waals surface area contributed by atoms with Gasteiger partial charge in [-0.3, -0.25) is 9.52 Å². The van der Waals surface area contributed by atoms with Gasteiger partial charge in [0.05, 0.1) is 17.0 Å². The molecule has 0 aliphatic rings. The molecule has 3 aromatic rings. The van der Waals surface area contributed by atoms with Crippen molar-refractivity contribution in [3.63, 3.8) is 0 Å². The molecule has 9 heteroatoms. The van der Waals surface area contributed by atoms with Crippen LogP contribution in [0.25, 0.3) is 0 Å². The lowest BCUT2D eigenvalue weighted by atomic mass is 10.1. The molecular formula is C22H20ClFN2O4S. The van der Waals surface area contributed by atoms with Crippen LogP contribution in [-0.2, 0) is 16.4 Å². The van der Waals surface area contributed by atoms with E-state index in [0.717, 1.165) is 29.5 Å². The molecule has 0 unspecified atom stereocenters. The first-order valence-corrected chi connectivity index (χ1v) is 11.1. The van der Waals surface area contributed by atoms with Crippen molar-refractivity contribution in [2.24, 2.45) is 0 Å². The van der Waals surface area contributed by atoms with Gasteiger partial charge in [-0.05, 0) is 60.5 Å². The van der Waals surface area contributed by atoms with Crippen molar-refractivity contribution in [2.75, 3.05) is 18.4 Å². The molecule has 0 saturated heterocycles. The summed E-state index contributed by atoms with van der Waals surface area (Å²) in [7, 11) is -2.36. The maximum Gasteiger partial charge on any atom is 0.261 e. The Kier molecular flexibility index (Phi) is 7.14. The topological polar surface area (TPSA) is 84.5 Å². The van der Waals surface area contributed by atoms with Crippen LogP contribution in [0.15, 0.2) is 71.6 Å². The van der Waals surface area contributed by atoms with Gasteiger partial charge in [-0.25, -0.2) is 12.8 Å². The average molecular weight is 463 g/mol. The first kappa shape index (κ1) is 22.6. The first-order chi connectivity index (χ1) is 14.8. The lowest BCUT2D eigenvalue weighted by molar-refractivity contribution is 0.0954. The Morgan fingerprint density at radius 1 is 1.06 bits per heavy atom. The van der Waals surface area contributed by atoms with E-state index in [1.165, 1.54) is 24.3 Å². The van der Waals surface area contributed by atoms with Crippen molar-refractivity contribution in [3.05, 3.63) is 88.7 Å². The monoisotopic (exact) mass is 462 g/mol. The molecule has 0 spiro atoms. The van der Waals surface area contributed by atoms with Crippen molar-refractivity contribution >= 4 is 33.2 Å². The first-order valence-electron chi connectivity index (χ1n) is 9.28. The number of hydrogen-bond donors (Lipinski definition) is 2. The number of carbonyl (C=O) groups is 1. The summed E-state index contributed by atoms with van der Waals surface area (Å²) in [5.74, 6) is -0.230. The van der Waals surface area contributed by atoms with Crippen molar-refractivity contribution < 1.29 is 22.3 Å². The average Bonchev–Trinajstić information content (AvgIpc) is 2.76. The van der Waals surface area contributed by atoms with Gasteiger partial charge in [-0.15, -0.1) is 0 Å². The molecule has 0 aliphatic carbocycles. The fourth-order valence-corrected chi connectivity index (χ4v) is 4.20. The van der Waals surface area contributed by atoms with E-state index in [9.17, 15) is 17.6 Å². The molecule has 0 radical (unpaired) electrons. The maximum absolute atomic E-state index is 13.3. The van der Waals surface area contributed by atoms with E-state index in [4.69, 9.17) is 16.3 Å². The minimum atomic E-state index is -3.95. The van der Waals surface area contributed by atoms with Gasteiger partial charge in [0.1, 0.15) is 11.6 Å². The minimum Gasteiger partial charge on any atom is -0.496 e. The van der Waals surface area contributed by atoms with E-state index in [-0.39, 0.29) is 21.5 Å². The largest absolute Gasteiger partial charge is 0.496 e. The van der Waals surface area contributed by atoms with Gasteiger partial charge in [-0.1, -0.05) is 29.8 Å². The Labute approximate surface area is 185 Å². The van der Waals surface area contributed by atoms with Gasteiger partial charge in [-0.2, -0.15) is 0 Å². The van der Waals surface area contributed by atoms with Crippen LogP contribution in [0.5, 0.6) is 5.75 Å². The van der Waals surface area contributed by atoms with E-state index >= 15 is 0 Å². The molecule has 0 bridgehead atoms. The molecule has 162 valence electrons. The SMILES string of the molecule is COc1ccccc1CCNC(=O)c1ccc(NS(=O)(=O)c2ccc(F)c(Cl)c2)cc1. The molecule has 2 N–H and O–H groups in total. The summed E-state index contributed by atoms with van der Waals surface area (Å²) >= 11 is 5.66. The zero-order chi connectivity index (χ0) is 22.4. The molecule has 3 rings (SSSR count). The van der Waals surface area contributed by atoms with Gasteiger partial charge < -0.3 is 10.1 Å². The number of amides is 1. The predicted octanol–water partition coefficient (Wildman–Crippen LogP) is 4.26. The van der Waals surface area contributed by atoms with Crippen LogP contribution in [0, 0.1) is 5.82 Å². The highest BCUT2D eigenvalue weighted by Crippen LogP contribution is 2.22. The third-order valence-electron chi connectivity index (χ3n) is 4.47. The fraction of sp³-hybridized carbons (Fsp3) is 0.136. The number of para-hydroxylation sites is 1. The number of ether oxygens (including phenoxy) is 1. The second-order valence-corrected chi connectivity index (χ2v) is 8.67. The van der Waals surface area contributed by atoms with Crippen LogP contribution < -0.4 is 14.8 Å². The molecule has 0 aliphatic heterocycles. The third kappa shape index (κ3) is 5.74. The zero-order valence-corrected chi connectivity index (χ0v) is 18.1. The number of rotatable bonds is 8. The highest BCUT2D eigenvalue weighted by molar-refractivity contribution is 7.92. The van der Waals surface area contributed by atoms with Crippen LogP contribution in [0.2, 0.25) is 5.02 Å². The zero-order valence-electron chi connectivity index (χ0n) is 16.6. The van der Waals surface area contributed by atoms with E-state index in [2.05, 4.69) is 10.0 Å². The molecule has 0 atom stereocenters. The second kappa shape index (κ2) is 9.80. The van der Waals surface area contributed by atoms with E-state index < -0.39 is 15.8 Å². The highest BCUT2D eigenvalue weighted by Gasteiger charge is 2.16. The molecule has 31 heavy (non-hydrogen) atoms. The number of carbonyl (C=O) groups excluding carboxylic acids is 1. The Morgan fingerprint density at radius 2 is 1.77 bits per heavy atom. The van der Waals surface area contributed by atoms with Gasteiger partial charge in [0.25, 0.3) is 15.9 Å². The minimum absolute atomic E-state index is 0.169. The van der Waals surface area contributed by atoms with Crippen LogP contribution >= 0.6 is 11.6 Å². The molecule has 0 heterocycles. The van der Waals surface area contributed by atoms with Crippen LogP contribution in [0.3, 0.4) is 0 Å². The Morgan fingerprint density at radius 3 is 2.45 bits per heavy atom. The summed E-state index contributed by atoms with van der Waals surface area (Å²) < 4.78 is 45.8. The van der Waals surface area contributed by atoms with Crippen LogP contribution in [0.4, 0.5) is 10.1 Å². The Balaban J connectivity index is 1.60. The summed E-state index contributed by atoms with van der Waals surface area (Å²) in [4.78, 5) is 12.2. The van der Waals surface area contributed by atoms with Crippen molar-refractivity contribution in [1.82, 2.24) is 5.32 Å². The highest BCUT2D eigenvalue weighted by atomic mass is 35.5. The number of hydrogen-bond acceptors (Lipinski definition) is 4. The number of nitrogens with one attached hydrogen (secondary N) is 2. The van der Waals surface area contributed by atoms with Crippen molar-refractivity contribution in [2.45, 2.75) is 11.3 Å². The summed E-state index contributed by atoms with van der Waals surface area (Å²) in [5, 5.41) is 2.53. The van der Waals surface area contributed by atoms with Gasteiger partial charge in [0.2, 0.25) is 0 Å². The van der Waals surface area contributed by atoms with Gasteiger partial charge in [0.15, 0.2) is 0 Å². The smallest absolute Gasteiger partial charge is 0.261 e. The lowest BCUT2D eigenvalue weighted by Crippen LogP contribution is -2.25. The number of sulfonamides is 1. The summed E-state index contributed by atoms with van der Waals surface area (Å²) in [6.45, 7) is 0.416. The number of benzene rings is 3. The molecular weight excluding hydrogens is 443 g/mol. The normalized spacial score (nSPS) is 11.1. The number of anilines is 1. The maximum atomic E-state index is 13.3. The standard InChI is InChI=1S/C22H20ClFN2O4S/c1-30-21-5-3-2-4-15(21)12-13-25-22(27)16-6-8-17(9-7-16)26-31(28,29)18-10-11-20(24)19(23)14-18/h2-11,14,26H,12-13H2,1H3,(H,25,27). The summed E-state index contributed by atoms with van der Waals surface area (Å²) in [5.41, 5.74) is 1.62. The molecule has 3 aromatic carbocycles. The fourth-order valence-electron chi connectivity index (χ4n) is 2.87. The Bertz CT molecular complexity index is 1180. The van der Waals surface area contributed by atoms with Crippen molar-refractivity contribution in [3.8, 4) is 5.75 Å². The number of methoxy groups -OCH3 is 1. The third-order valence-corrected chi connectivity index (χ3v) is 6.14. The Hall–Kier alpha value is -3.10. The quantitative estimate of drug-likeness (QED) is 0.524. The van der Waals surface area contributed by atoms with Gasteiger partial charge in [0, 0.05) is 17.8 Å². The van der Waals surface area contributed by atoms with Crippen molar-refractivity contribution in [1.29, 1.82) is 0 Å². The lowest BCUT2D eigenvalue weighted by Gasteiger charge is -2.10. The van der Waals surface area contributed by atoms with E-state index in [0.29, 0.717) is 18.5 Å². The van der Waals surface area contributed by atoms with E-state index in [1.54, 1.807) is 7.11 Å². The number of halogens is 2. The molecule has 0 fully saturated rings. The summed E-state index contributed by atoms with van der Waals surface area (Å²) in [6.07, 6.45) is 0.605. The summed E-state index contributed by atoms with van der Waals surface area (Å²) in [6, 6.07) is 16.7. The van der Waals surface area contributed by atoms with Gasteiger partial charge >= 0.3 is 0 Å². The molecule has 0 aromatic heterocycles. The molecule has 6 nitrogen and oxygen atoms in total. The predicted molar refractivity (Wildman–Crippen MR) is 118 cm³/mol. The molecule has 1 amide bonds. The van der Waals surface area contributed by atoms with E-state index in [1.807, 2.05) is 24.3 Å². The van der Waals surface area contributed by atoms with Crippen LogP contribution in [0.1, 0.15) is 15.9 Å². The van der Waals surface area contributed by atoms with Crippen LogP contribution in [-0.4, -0.2) is 28.0 Å².